The smallest absolute Gasteiger partial charge is 0.341 e. The molecule has 1 aliphatic heterocycles. The minimum absolute atomic E-state index is 0.00815. The van der Waals surface area contributed by atoms with E-state index >= 15 is 0 Å². The van der Waals surface area contributed by atoms with Gasteiger partial charge >= 0.3 is 5.97 Å². The predicted octanol–water partition coefficient (Wildman–Crippen LogP) is 1.39. The van der Waals surface area contributed by atoms with E-state index in [1.807, 2.05) is 0 Å². The van der Waals surface area contributed by atoms with Gasteiger partial charge in [0.05, 0.1) is 13.2 Å². The summed E-state index contributed by atoms with van der Waals surface area (Å²) in [5.74, 6) is -1.13. The van der Waals surface area contributed by atoms with E-state index in [1.165, 1.54) is 6.07 Å². The summed E-state index contributed by atoms with van der Waals surface area (Å²) >= 11 is 5.59. The fourth-order valence-corrected chi connectivity index (χ4v) is 1.70. The third-order valence-electron chi connectivity index (χ3n) is 2.41. The second-order valence-electron chi connectivity index (χ2n) is 3.62. The van der Waals surface area contributed by atoms with Gasteiger partial charge in [-0.2, -0.15) is 0 Å². The lowest BCUT2D eigenvalue weighted by molar-refractivity contribution is 0.0225. The van der Waals surface area contributed by atoms with Crippen molar-refractivity contribution in [1.82, 2.24) is 10.2 Å². The molecule has 1 aliphatic rings. The first-order valence-electron chi connectivity index (χ1n) is 5.17. The van der Waals surface area contributed by atoms with E-state index in [0.29, 0.717) is 26.1 Å². The van der Waals surface area contributed by atoms with Crippen molar-refractivity contribution in [2.75, 3.05) is 13.2 Å². The van der Waals surface area contributed by atoms with Crippen LogP contribution in [0.25, 0.3) is 0 Å². The standard InChI is InChI=1S/C10H11ClN2O4/c11-8-5-7(10(14)15)9(13-12-8)17-6-1-3-16-4-2-6/h5-6H,1-4H2,(H,14,15). The maximum atomic E-state index is 11.0. The van der Waals surface area contributed by atoms with Gasteiger partial charge in [0.25, 0.3) is 0 Å². The maximum Gasteiger partial charge on any atom is 0.341 e. The molecule has 7 heteroatoms. The predicted molar refractivity (Wildman–Crippen MR) is 58.5 cm³/mol. The van der Waals surface area contributed by atoms with Crippen molar-refractivity contribution in [1.29, 1.82) is 0 Å². The average molecular weight is 259 g/mol. The number of rotatable bonds is 3. The lowest BCUT2D eigenvalue weighted by atomic mass is 10.1. The van der Waals surface area contributed by atoms with Gasteiger partial charge in [0.15, 0.2) is 5.15 Å². The third-order valence-corrected chi connectivity index (χ3v) is 2.59. The average Bonchev–Trinajstić information content (AvgIpc) is 2.32. The van der Waals surface area contributed by atoms with Crippen LogP contribution in [0.4, 0.5) is 0 Å². The highest BCUT2D eigenvalue weighted by Crippen LogP contribution is 2.21. The number of carbonyl (C=O) groups is 1. The normalized spacial score (nSPS) is 16.8. The fraction of sp³-hybridized carbons (Fsp3) is 0.500. The molecule has 1 fully saturated rings. The number of aromatic carboxylic acids is 1. The Labute approximate surface area is 103 Å². The number of aromatic nitrogens is 2. The molecule has 0 aliphatic carbocycles. The molecular formula is C10H11ClN2O4. The van der Waals surface area contributed by atoms with Crippen LogP contribution in [0.2, 0.25) is 5.15 Å². The van der Waals surface area contributed by atoms with Gasteiger partial charge in [-0.3, -0.25) is 0 Å². The van der Waals surface area contributed by atoms with Gasteiger partial charge in [0, 0.05) is 12.8 Å². The number of ether oxygens (including phenoxy) is 2. The number of hydrogen-bond donors (Lipinski definition) is 1. The van der Waals surface area contributed by atoms with Gasteiger partial charge < -0.3 is 14.6 Å². The minimum Gasteiger partial charge on any atom is -0.477 e. The Bertz CT molecular complexity index is 421. The third kappa shape index (κ3) is 3.04. The second kappa shape index (κ2) is 5.29. The van der Waals surface area contributed by atoms with E-state index in [4.69, 9.17) is 26.2 Å². The Hall–Kier alpha value is -1.40. The second-order valence-corrected chi connectivity index (χ2v) is 4.01. The van der Waals surface area contributed by atoms with Gasteiger partial charge in [-0.15, -0.1) is 10.2 Å². The zero-order valence-corrected chi connectivity index (χ0v) is 9.68. The van der Waals surface area contributed by atoms with Crippen molar-refractivity contribution in [3.63, 3.8) is 0 Å². The quantitative estimate of drug-likeness (QED) is 0.882. The summed E-state index contributed by atoms with van der Waals surface area (Å²) in [6, 6.07) is 1.23. The van der Waals surface area contributed by atoms with Crippen molar-refractivity contribution >= 4 is 17.6 Å². The van der Waals surface area contributed by atoms with Crippen molar-refractivity contribution in [3.8, 4) is 5.88 Å². The van der Waals surface area contributed by atoms with E-state index < -0.39 is 5.97 Å². The molecule has 2 rings (SSSR count). The first-order valence-corrected chi connectivity index (χ1v) is 5.55. The van der Waals surface area contributed by atoms with Gasteiger partial charge in [0.2, 0.25) is 5.88 Å². The number of carboxylic acid groups (broad SMARTS) is 1. The van der Waals surface area contributed by atoms with Crippen molar-refractivity contribution in [2.24, 2.45) is 0 Å². The molecule has 92 valence electrons. The highest BCUT2D eigenvalue weighted by atomic mass is 35.5. The maximum absolute atomic E-state index is 11.0. The van der Waals surface area contributed by atoms with E-state index in [1.54, 1.807) is 0 Å². The lowest BCUT2D eigenvalue weighted by Gasteiger charge is -2.22. The molecule has 0 amide bonds. The molecule has 0 spiro atoms. The van der Waals surface area contributed by atoms with Crippen molar-refractivity contribution < 1.29 is 19.4 Å². The monoisotopic (exact) mass is 258 g/mol. The molecule has 0 radical (unpaired) electrons. The number of halogens is 1. The van der Waals surface area contributed by atoms with E-state index in [9.17, 15) is 4.79 Å². The summed E-state index contributed by atoms with van der Waals surface area (Å²) in [4.78, 5) is 11.0. The Balaban J connectivity index is 2.16. The molecule has 6 nitrogen and oxygen atoms in total. The van der Waals surface area contributed by atoms with Crippen LogP contribution < -0.4 is 4.74 Å². The number of hydrogen-bond acceptors (Lipinski definition) is 5. The lowest BCUT2D eigenvalue weighted by Crippen LogP contribution is -2.27. The van der Waals surface area contributed by atoms with Crippen LogP contribution in [0.1, 0.15) is 23.2 Å². The molecule has 0 bridgehead atoms. The Kier molecular flexibility index (Phi) is 3.75. The highest BCUT2D eigenvalue weighted by Gasteiger charge is 2.21. The van der Waals surface area contributed by atoms with Gasteiger partial charge in [-0.25, -0.2) is 4.79 Å². The molecule has 1 aromatic heterocycles. The molecule has 2 heterocycles. The molecular weight excluding hydrogens is 248 g/mol. The Morgan fingerprint density at radius 1 is 1.47 bits per heavy atom. The molecule has 1 N–H and O–H groups in total. The summed E-state index contributed by atoms with van der Waals surface area (Å²) < 4.78 is 10.7. The zero-order chi connectivity index (χ0) is 12.3. The van der Waals surface area contributed by atoms with Crippen molar-refractivity contribution in [3.05, 3.63) is 16.8 Å². The molecule has 0 aromatic carbocycles. The Morgan fingerprint density at radius 2 is 2.18 bits per heavy atom. The fourth-order valence-electron chi connectivity index (χ4n) is 1.55. The summed E-state index contributed by atoms with van der Waals surface area (Å²) in [5.41, 5.74) is -0.0727. The van der Waals surface area contributed by atoms with E-state index in [-0.39, 0.29) is 22.7 Å². The van der Waals surface area contributed by atoms with Crippen LogP contribution in [0, 0.1) is 0 Å². The van der Waals surface area contributed by atoms with E-state index in [0.717, 1.165) is 0 Å². The molecule has 0 unspecified atom stereocenters. The van der Waals surface area contributed by atoms with Gasteiger partial charge in [-0.05, 0) is 6.07 Å². The first kappa shape index (κ1) is 12.1. The number of nitrogens with zero attached hydrogens (tertiary/aromatic N) is 2. The van der Waals surface area contributed by atoms with Gasteiger partial charge in [-0.1, -0.05) is 11.6 Å². The summed E-state index contributed by atoms with van der Waals surface area (Å²) in [5, 5.41) is 16.3. The van der Waals surface area contributed by atoms with Crippen LogP contribution in [0.5, 0.6) is 5.88 Å². The van der Waals surface area contributed by atoms with Crippen LogP contribution >= 0.6 is 11.6 Å². The molecule has 17 heavy (non-hydrogen) atoms. The molecule has 1 aromatic rings. The molecule has 1 saturated heterocycles. The molecule has 0 atom stereocenters. The SMILES string of the molecule is O=C(O)c1cc(Cl)nnc1OC1CCOCC1. The molecule has 0 saturated carbocycles. The van der Waals surface area contributed by atoms with E-state index in [2.05, 4.69) is 10.2 Å². The summed E-state index contributed by atoms with van der Waals surface area (Å²) in [7, 11) is 0. The topological polar surface area (TPSA) is 81.5 Å². The Morgan fingerprint density at radius 3 is 2.82 bits per heavy atom. The minimum atomic E-state index is -1.14. The summed E-state index contributed by atoms with van der Waals surface area (Å²) in [6.07, 6.45) is 1.34. The van der Waals surface area contributed by atoms with Crippen molar-refractivity contribution in [2.45, 2.75) is 18.9 Å². The zero-order valence-electron chi connectivity index (χ0n) is 8.93. The van der Waals surface area contributed by atoms with Crippen LogP contribution in [0.3, 0.4) is 0 Å². The summed E-state index contributed by atoms with van der Waals surface area (Å²) in [6.45, 7) is 1.21. The van der Waals surface area contributed by atoms with Crippen LogP contribution in [-0.2, 0) is 4.74 Å². The highest BCUT2D eigenvalue weighted by molar-refractivity contribution is 6.29. The first-order chi connectivity index (χ1) is 8.16. The van der Waals surface area contributed by atoms with Crippen LogP contribution in [-0.4, -0.2) is 40.6 Å². The number of carboxylic acids is 1. The largest absolute Gasteiger partial charge is 0.477 e. The van der Waals surface area contributed by atoms with Crippen LogP contribution in [0.15, 0.2) is 6.07 Å². The van der Waals surface area contributed by atoms with Gasteiger partial charge in [0.1, 0.15) is 11.7 Å².